The van der Waals surface area contributed by atoms with E-state index in [2.05, 4.69) is 5.32 Å². The van der Waals surface area contributed by atoms with Gasteiger partial charge in [-0.25, -0.2) is 0 Å². The molecule has 0 spiro atoms. The van der Waals surface area contributed by atoms with Crippen LogP contribution in [-0.2, 0) is 16.1 Å². The second-order valence-corrected chi connectivity index (χ2v) is 8.75. The van der Waals surface area contributed by atoms with Crippen molar-refractivity contribution in [3.63, 3.8) is 0 Å². The first-order chi connectivity index (χ1) is 15.2. The Balaban J connectivity index is 1.78. The summed E-state index contributed by atoms with van der Waals surface area (Å²) in [6.07, 6.45) is 0. The van der Waals surface area contributed by atoms with E-state index in [1.165, 1.54) is 4.90 Å². The van der Waals surface area contributed by atoms with E-state index in [1.54, 1.807) is 12.1 Å². The first kappa shape index (κ1) is 21.8. The summed E-state index contributed by atoms with van der Waals surface area (Å²) < 4.78 is 0. The Morgan fingerprint density at radius 3 is 2.16 bits per heavy atom. The molecule has 162 valence electrons. The predicted molar refractivity (Wildman–Crippen MR) is 129 cm³/mol. The van der Waals surface area contributed by atoms with Crippen molar-refractivity contribution in [1.82, 2.24) is 4.90 Å². The lowest BCUT2D eigenvalue weighted by Gasteiger charge is -2.16. The molecule has 3 aromatic rings. The van der Waals surface area contributed by atoms with Crippen LogP contribution >= 0.6 is 11.6 Å². The SMILES string of the molecule is Cc1ccc(C)c(NC2=C(c3ccc(C)c(C)c3)C(=O)N(Cc3ccc(Cl)cc3)C2=O)c1. The molecule has 4 nitrogen and oxygen atoms in total. The number of benzene rings is 3. The van der Waals surface area contributed by atoms with Gasteiger partial charge in [0.05, 0.1) is 12.1 Å². The molecule has 0 radical (unpaired) electrons. The molecule has 1 aliphatic heterocycles. The summed E-state index contributed by atoms with van der Waals surface area (Å²) in [5.41, 5.74) is 7.36. The van der Waals surface area contributed by atoms with Gasteiger partial charge in [-0.3, -0.25) is 14.5 Å². The van der Waals surface area contributed by atoms with Gasteiger partial charge in [-0.1, -0.05) is 54.1 Å². The third kappa shape index (κ3) is 4.19. The number of anilines is 1. The van der Waals surface area contributed by atoms with E-state index in [-0.39, 0.29) is 18.4 Å². The van der Waals surface area contributed by atoms with Crippen molar-refractivity contribution in [2.45, 2.75) is 34.2 Å². The van der Waals surface area contributed by atoms with Crippen LogP contribution in [0, 0.1) is 27.7 Å². The van der Waals surface area contributed by atoms with Crippen molar-refractivity contribution in [2.24, 2.45) is 0 Å². The van der Waals surface area contributed by atoms with E-state index in [4.69, 9.17) is 11.6 Å². The lowest BCUT2D eigenvalue weighted by atomic mass is 9.99. The van der Waals surface area contributed by atoms with Crippen molar-refractivity contribution >= 4 is 34.7 Å². The van der Waals surface area contributed by atoms with Gasteiger partial charge < -0.3 is 5.32 Å². The molecule has 5 heteroatoms. The molecule has 1 heterocycles. The molecular weight excluding hydrogens is 420 g/mol. The van der Waals surface area contributed by atoms with Crippen molar-refractivity contribution in [3.8, 4) is 0 Å². The maximum Gasteiger partial charge on any atom is 0.278 e. The van der Waals surface area contributed by atoms with E-state index in [9.17, 15) is 9.59 Å². The highest BCUT2D eigenvalue weighted by molar-refractivity contribution is 6.36. The Kier molecular flexibility index (Phi) is 5.90. The number of halogens is 1. The molecular formula is C27H25ClN2O2. The summed E-state index contributed by atoms with van der Waals surface area (Å²) in [4.78, 5) is 28.3. The van der Waals surface area contributed by atoms with Gasteiger partial charge in [-0.15, -0.1) is 0 Å². The minimum atomic E-state index is -0.334. The predicted octanol–water partition coefficient (Wildman–Crippen LogP) is 5.97. The van der Waals surface area contributed by atoms with Crippen LogP contribution in [0.25, 0.3) is 5.57 Å². The second-order valence-electron chi connectivity index (χ2n) is 8.32. The molecule has 0 atom stereocenters. The third-order valence-electron chi connectivity index (χ3n) is 5.87. The second kappa shape index (κ2) is 8.64. The highest BCUT2D eigenvalue weighted by Crippen LogP contribution is 2.33. The average Bonchev–Trinajstić information content (AvgIpc) is 2.98. The van der Waals surface area contributed by atoms with Crippen molar-refractivity contribution in [1.29, 1.82) is 0 Å². The van der Waals surface area contributed by atoms with E-state index in [0.29, 0.717) is 16.3 Å². The number of nitrogens with one attached hydrogen (secondary N) is 1. The maximum atomic E-state index is 13.5. The zero-order chi connectivity index (χ0) is 23.0. The minimum Gasteiger partial charge on any atom is -0.350 e. The van der Waals surface area contributed by atoms with Gasteiger partial charge in [0.2, 0.25) is 0 Å². The zero-order valence-electron chi connectivity index (χ0n) is 18.6. The highest BCUT2D eigenvalue weighted by Gasteiger charge is 2.39. The molecule has 32 heavy (non-hydrogen) atoms. The standard InChI is InChI=1S/C27H25ClN2O2/c1-16-5-6-18(3)23(13-16)29-25-24(21-10-7-17(2)19(4)14-21)26(31)30(27(25)32)15-20-8-11-22(28)12-9-20/h5-14,29H,15H2,1-4H3. The molecule has 0 unspecified atom stereocenters. The minimum absolute atomic E-state index is 0.182. The van der Waals surface area contributed by atoms with Gasteiger partial charge >= 0.3 is 0 Å². The largest absolute Gasteiger partial charge is 0.350 e. The Labute approximate surface area is 193 Å². The number of carbonyl (C=O) groups is 2. The molecule has 0 fully saturated rings. The molecule has 0 aliphatic carbocycles. The molecule has 2 amide bonds. The number of hydrogen-bond acceptors (Lipinski definition) is 3. The van der Waals surface area contributed by atoms with E-state index in [0.717, 1.165) is 39.1 Å². The fourth-order valence-electron chi connectivity index (χ4n) is 3.78. The maximum absolute atomic E-state index is 13.5. The normalized spacial score (nSPS) is 13.8. The van der Waals surface area contributed by atoms with Gasteiger partial charge in [0.25, 0.3) is 11.8 Å². The summed E-state index contributed by atoms with van der Waals surface area (Å²) in [5.74, 6) is -0.639. The van der Waals surface area contributed by atoms with Gasteiger partial charge in [0.1, 0.15) is 5.70 Å². The molecule has 1 aliphatic rings. The smallest absolute Gasteiger partial charge is 0.278 e. The number of hydrogen-bond donors (Lipinski definition) is 1. The first-order valence-electron chi connectivity index (χ1n) is 10.5. The monoisotopic (exact) mass is 444 g/mol. The fraction of sp³-hybridized carbons (Fsp3) is 0.185. The summed E-state index contributed by atoms with van der Waals surface area (Å²) >= 11 is 5.99. The Hall–Kier alpha value is -3.37. The van der Waals surface area contributed by atoms with E-state index >= 15 is 0 Å². The summed E-state index contributed by atoms with van der Waals surface area (Å²) in [5, 5.41) is 3.89. The van der Waals surface area contributed by atoms with Crippen LogP contribution in [0.1, 0.15) is 33.4 Å². The Bertz CT molecular complexity index is 1260. The molecule has 0 bridgehead atoms. The number of nitrogens with zero attached hydrogens (tertiary/aromatic N) is 1. The molecule has 4 rings (SSSR count). The summed E-state index contributed by atoms with van der Waals surface area (Å²) in [6.45, 7) is 8.19. The lowest BCUT2D eigenvalue weighted by Crippen LogP contribution is -2.32. The van der Waals surface area contributed by atoms with Crippen molar-refractivity contribution in [3.05, 3.63) is 105 Å². The topological polar surface area (TPSA) is 49.4 Å². The number of rotatable bonds is 5. The van der Waals surface area contributed by atoms with Crippen LogP contribution < -0.4 is 5.32 Å². The van der Waals surface area contributed by atoms with E-state index < -0.39 is 0 Å². The Morgan fingerprint density at radius 2 is 1.47 bits per heavy atom. The van der Waals surface area contributed by atoms with Crippen molar-refractivity contribution < 1.29 is 9.59 Å². The number of carbonyl (C=O) groups excluding carboxylic acids is 2. The lowest BCUT2D eigenvalue weighted by molar-refractivity contribution is -0.137. The molecule has 0 saturated heterocycles. The van der Waals surface area contributed by atoms with Crippen LogP contribution in [0.3, 0.4) is 0 Å². The van der Waals surface area contributed by atoms with Crippen molar-refractivity contribution in [2.75, 3.05) is 5.32 Å². The molecule has 0 saturated carbocycles. The van der Waals surface area contributed by atoms with Crippen LogP contribution in [-0.4, -0.2) is 16.7 Å². The highest BCUT2D eigenvalue weighted by atomic mass is 35.5. The van der Waals surface area contributed by atoms with Crippen LogP contribution in [0.5, 0.6) is 0 Å². The number of amides is 2. The van der Waals surface area contributed by atoms with E-state index in [1.807, 2.05) is 76.2 Å². The molecule has 1 N–H and O–H groups in total. The third-order valence-corrected chi connectivity index (χ3v) is 6.12. The number of imide groups is 1. The van der Waals surface area contributed by atoms with Crippen LogP contribution in [0.2, 0.25) is 5.02 Å². The first-order valence-corrected chi connectivity index (χ1v) is 10.9. The Morgan fingerprint density at radius 1 is 0.781 bits per heavy atom. The van der Waals surface area contributed by atoms with Crippen LogP contribution in [0.15, 0.2) is 66.4 Å². The van der Waals surface area contributed by atoms with Gasteiger partial charge in [0, 0.05) is 10.7 Å². The quantitative estimate of drug-likeness (QED) is 0.493. The average molecular weight is 445 g/mol. The summed E-state index contributed by atoms with van der Waals surface area (Å²) in [7, 11) is 0. The van der Waals surface area contributed by atoms with Gasteiger partial charge in [-0.05, 0) is 79.3 Å². The van der Waals surface area contributed by atoms with Crippen LogP contribution in [0.4, 0.5) is 5.69 Å². The fourth-order valence-corrected chi connectivity index (χ4v) is 3.90. The number of aryl methyl sites for hydroxylation is 4. The summed E-state index contributed by atoms with van der Waals surface area (Å²) in [6, 6.07) is 19.0. The zero-order valence-corrected chi connectivity index (χ0v) is 19.4. The molecule has 0 aromatic heterocycles. The molecule has 3 aromatic carbocycles. The van der Waals surface area contributed by atoms with Gasteiger partial charge in [-0.2, -0.15) is 0 Å². The van der Waals surface area contributed by atoms with Gasteiger partial charge in [0.15, 0.2) is 0 Å².